The third-order valence-corrected chi connectivity index (χ3v) is 4.59. The number of primary amides is 1. The van der Waals surface area contributed by atoms with E-state index < -0.39 is 11.9 Å². The van der Waals surface area contributed by atoms with Crippen molar-refractivity contribution in [1.29, 1.82) is 5.26 Å². The molecule has 2 aromatic heterocycles. The molecule has 132 valence electrons. The molecule has 2 aromatic carbocycles. The standard InChI is InChI=1S/C21H17N5O/c1-13-11-18(25-19(20(23)27)14-7-3-2-4-8-14)26-17-10-6-5-9-16(17)24-21(26)15(13)12-22/h2-11,19,25H,1H3,(H2,23,27). The highest BCUT2D eigenvalue weighted by atomic mass is 16.1. The summed E-state index contributed by atoms with van der Waals surface area (Å²) in [5, 5.41) is 12.8. The van der Waals surface area contributed by atoms with Crippen LogP contribution >= 0.6 is 0 Å². The Morgan fingerprint density at radius 3 is 2.59 bits per heavy atom. The molecule has 0 fully saturated rings. The number of benzene rings is 2. The fourth-order valence-corrected chi connectivity index (χ4v) is 3.31. The maximum Gasteiger partial charge on any atom is 0.244 e. The zero-order chi connectivity index (χ0) is 19.0. The van der Waals surface area contributed by atoms with Gasteiger partial charge in [-0.05, 0) is 36.2 Å². The molecule has 4 rings (SSSR count). The minimum absolute atomic E-state index is 0.485. The number of pyridine rings is 1. The lowest BCUT2D eigenvalue weighted by Crippen LogP contribution is -2.28. The number of amides is 1. The van der Waals surface area contributed by atoms with Crippen molar-refractivity contribution in [3.8, 4) is 6.07 Å². The van der Waals surface area contributed by atoms with E-state index in [-0.39, 0.29) is 0 Å². The molecule has 0 aliphatic heterocycles. The molecule has 0 aliphatic rings. The van der Waals surface area contributed by atoms with E-state index in [1.807, 2.05) is 72.0 Å². The first-order chi connectivity index (χ1) is 13.1. The number of anilines is 1. The van der Waals surface area contributed by atoms with Crippen LogP contribution < -0.4 is 11.1 Å². The molecule has 0 bridgehead atoms. The van der Waals surface area contributed by atoms with Gasteiger partial charge in [0.25, 0.3) is 0 Å². The van der Waals surface area contributed by atoms with Crippen molar-refractivity contribution in [1.82, 2.24) is 9.38 Å². The van der Waals surface area contributed by atoms with Crippen LogP contribution in [0.25, 0.3) is 16.7 Å². The Hall–Kier alpha value is -3.85. The summed E-state index contributed by atoms with van der Waals surface area (Å²) in [4.78, 5) is 16.7. The number of carbonyl (C=O) groups excluding carboxylic acids is 1. The first kappa shape index (κ1) is 16.6. The summed E-state index contributed by atoms with van der Waals surface area (Å²) in [7, 11) is 0. The predicted molar refractivity (Wildman–Crippen MR) is 104 cm³/mol. The first-order valence-electron chi connectivity index (χ1n) is 8.52. The number of rotatable bonds is 4. The third kappa shape index (κ3) is 2.75. The number of nitriles is 1. The Bertz CT molecular complexity index is 1200. The van der Waals surface area contributed by atoms with E-state index in [0.717, 1.165) is 22.2 Å². The van der Waals surface area contributed by atoms with Crippen molar-refractivity contribution < 1.29 is 4.79 Å². The van der Waals surface area contributed by atoms with Gasteiger partial charge in [0.1, 0.15) is 17.9 Å². The van der Waals surface area contributed by atoms with Crippen LogP contribution in [0.4, 0.5) is 5.82 Å². The van der Waals surface area contributed by atoms with Crippen LogP contribution in [0.1, 0.15) is 22.7 Å². The third-order valence-electron chi connectivity index (χ3n) is 4.59. The van der Waals surface area contributed by atoms with E-state index in [1.165, 1.54) is 0 Å². The average Bonchev–Trinajstić information content (AvgIpc) is 3.06. The molecule has 6 nitrogen and oxygen atoms in total. The SMILES string of the molecule is Cc1cc(NC(C(N)=O)c2ccccc2)n2c(nc3ccccc32)c1C#N. The number of nitrogens with two attached hydrogens (primary N) is 1. The van der Waals surface area contributed by atoms with Crippen molar-refractivity contribution in [2.24, 2.45) is 5.73 Å². The van der Waals surface area contributed by atoms with Crippen LogP contribution in [0, 0.1) is 18.3 Å². The summed E-state index contributed by atoms with van der Waals surface area (Å²) >= 11 is 0. The number of carbonyl (C=O) groups is 1. The molecule has 1 amide bonds. The summed E-state index contributed by atoms with van der Waals surface area (Å²) in [6.45, 7) is 1.85. The molecule has 3 N–H and O–H groups in total. The number of fused-ring (bicyclic) bond motifs is 3. The van der Waals surface area contributed by atoms with Gasteiger partial charge < -0.3 is 11.1 Å². The second-order valence-corrected chi connectivity index (χ2v) is 6.35. The largest absolute Gasteiger partial charge is 0.368 e. The van der Waals surface area contributed by atoms with E-state index in [2.05, 4.69) is 16.4 Å². The lowest BCUT2D eigenvalue weighted by Gasteiger charge is -2.19. The summed E-state index contributed by atoms with van der Waals surface area (Å²) in [5.74, 6) is 0.170. The van der Waals surface area contributed by atoms with Crippen LogP contribution in [0.15, 0.2) is 60.7 Å². The molecule has 0 saturated carbocycles. The predicted octanol–water partition coefficient (Wildman–Crippen LogP) is 3.31. The van der Waals surface area contributed by atoms with E-state index in [4.69, 9.17) is 5.73 Å². The summed E-state index contributed by atoms with van der Waals surface area (Å²) < 4.78 is 1.86. The van der Waals surface area contributed by atoms with Crippen molar-refractivity contribution >= 4 is 28.4 Å². The topological polar surface area (TPSA) is 96.2 Å². The highest BCUT2D eigenvalue weighted by Gasteiger charge is 2.21. The van der Waals surface area contributed by atoms with E-state index in [9.17, 15) is 10.1 Å². The van der Waals surface area contributed by atoms with Crippen LogP contribution in [0.3, 0.4) is 0 Å². The molecule has 1 atom stereocenters. The van der Waals surface area contributed by atoms with Crippen molar-refractivity contribution in [2.75, 3.05) is 5.32 Å². The number of nitrogens with zero attached hydrogens (tertiary/aromatic N) is 3. The Morgan fingerprint density at radius 2 is 1.89 bits per heavy atom. The Kier molecular flexibility index (Phi) is 3.98. The number of nitrogens with one attached hydrogen (secondary N) is 1. The number of para-hydroxylation sites is 2. The van der Waals surface area contributed by atoms with Crippen molar-refractivity contribution in [3.63, 3.8) is 0 Å². The molecule has 2 heterocycles. The summed E-state index contributed by atoms with van der Waals surface area (Å²) in [6.07, 6.45) is 0. The minimum atomic E-state index is -0.706. The van der Waals surface area contributed by atoms with Gasteiger partial charge in [-0.2, -0.15) is 5.26 Å². The number of aromatic nitrogens is 2. The quantitative estimate of drug-likeness (QED) is 0.587. The second-order valence-electron chi connectivity index (χ2n) is 6.35. The minimum Gasteiger partial charge on any atom is -0.368 e. The molecule has 0 radical (unpaired) electrons. The number of aryl methyl sites for hydroxylation is 1. The van der Waals surface area contributed by atoms with Gasteiger partial charge in [0.15, 0.2) is 5.65 Å². The van der Waals surface area contributed by atoms with E-state index in [0.29, 0.717) is 17.0 Å². The maximum atomic E-state index is 12.1. The highest BCUT2D eigenvalue weighted by molar-refractivity contribution is 5.87. The molecule has 4 aromatic rings. The van der Waals surface area contributed by atoms with Crippen molar-refractivity contribution in [2.45, 2.75) is 13.0 Å². The van der Waals surface area contributed by atoms with Crippen LogP contribution in [0.5, 0.6) is 0 Å². The molecular weight excluding hydrogens is 338 g/mol. The van der Waals surface area contributed by atoms with Gasteiger partial charge in [-0.25, -0.2) is 4.98 Å². The average molecular weight is 355 g/mol. The fourth-order valence-electron chi connectivity index (χ4n) is 3.31. The van der Waals surface area contributed by atoms with Gasteiger partial charge in [-0.1, -0.05) is 42.5 Å². The monoisotopic (exact) mass is 355 g/mol. The van der Waals surface area contributed by atoms with Gasteiger partial charge in [-0.15, -0.1) is 0 Å². The number of hydrogen-bond donors (Lipinski definition) is 2. The lowest BCUT2D eigenvalue weighted by molar-refractivity contribution is -0.118. The van der Waals surface area contributed by atoms with Crippen LogP contribution in [-0.2, 0) is 4.79 Å². The normalized spacial score (nSPS) is 12.0. The van der Waals surface area contributed by atoms with Gasteiger partial charge in [-0.3, -0.25) is 9.20 Å². The summed E-state index contributed by atoms with van der Waals surface area (Å²) in [6, 6.07) is 20.3. The molecular formula is C21H17N5O. The molecule has 0 spiro atoms. The molecule has 27 heavy (non-hydrogen) atoms. The van der Waals surface area contributed by atoms with Gasteiger partial charge in [0.05, 0.1) is 16.6 Å². The zero-order valence-electron chi connectivity index (χ0n) is 14.7. The highest BCUT2D eigenvalue weighted by Crippen LogP contribution is 2.28. The molecule has 0 saturated heterocycles. The molecule has 6 heteroatoms. The maximum absolute atomic E-state index is 12.1. The van der Waals surface area contributed by atoms with E-state index in [1.54, 1.807) is 0 Å². The Morgan fingerprint density at radius 1 is 1.19 bits per heavy atom. The Labute approximate surface area is 155 Å². The molecule has 0 aliphatic carbocycles. The van der Waals surface area contributed by atoms with Gasteiger partial charge >= 0.3 is 0 Å². The number of hydrogen-bond acceptors (Lipinski definition) is 4. The first-order valence-corrected chi connectivity index (χ1v) is 8.52. The van der Waals surface area contributed by atoms with Gasteiger partial charge in [0, 0.05) is 0 Å². The summed E-state index contributed by atoms with van der Waals surface area (Å²) in [5.41, 5.74) is 9.89. The molecule has 1 unspecified atom stereocenters. The van der Waals surface area contributed by atoms with Crippen molar-refractivity contribution in [3.05, 3.63) is 77.4 Å². The zero-order valence-corrected chi connectivity index (χ0v) is 14.7. The smallest absolute Gasteiger partial charge is 0.244 e. The fraction of sp³-hybridized carbons (Fsp3) is 0.0952. The Balaban J connectivity index is 1.96. The van der Waals surface area contributed by atoms with Gasteiger partial charge in [0.2, 0.25) is 5.91 Å². The van der Waals surface area contributed by atoms with Crippen LogP contribution in [-0.4, -0.2) is 15.3 Å². The lowest BCUT2D eigenvalue weighted by atomic mass is 10.1. The number of imidazole rings is 1. The van der Waals surface area contributed by atoms with Crippen LogP contribution in [0.2, 0.25) is 0 Å². The second kappa shape index (κ2) is 6.46. The van der Waals surface area contributed by atoms with E-state index >= 15 is 0 Å².